The van der Waals surface area contributed by atoms with Crippen molar-refractivity contribution in [1.29, 1.82) is 0 Å². The number of hydrogen-bond acceptors (Lipinski definition) is 3. The maximum absolute atomic E-state index is 10.8. The molecule has 84 valence electrons. The van der Waals surface area contributed by atoms with Crippen LogP contribution in [0.25, 0.3) is 0 Å². The first kappa shape index (κ1) is 13.4. The Morgan fingerprint density at radius 1 is 1.50 bits per heavy atom. The highest BCUT2D eigenvalue weighted by atomic mass is 16.4. The van der Waals surface area contributed by atoms with Gasteiger partial charge in [-0.3, -0.25) is 9.69 Å². The molecule has 1 saturated heterocycles. The lowest BCUT2D eigenvalue weighted by atomic mass is 10.2. The topological polar surface area (TPSA) is 75.5 Å². The van der Waals surface area contributed by atoms with Crippen molar-refractivity contribution in [1.82, 2.24) is 11.1 Å². The van der Waals surface area contributed by atoms with Gasteiger partial charge in [-0.2, -0.15) is 0 Å². The predicted octanol–water partition coefficient (Wildman–Crippen LogP) is 1.89. The van der Waals surface area contributed by atoms with E-state index in [-0.39, 0.29) is 12.2 Å². The van der Waals surface area contributed by atoms with Gasteiger partial charge in [0.15, 0.2) is 0 Å². The summed E-state index contributed by atoms with van der Waals surface area (Å²) >= 11 is 0. The summed E-state index contributed by atoms with van der Waals surface area (Å²) in [6.45, 7) is 4.10. The number of carbonyl (C=O) groups is 1. The third-order valence-electron chi connectivity index (χ3n) is 2.70. The molecule has 1 rings (SSSR count). The number of carboxylic acid groups (broad SMARTS) is 1. The summed E-state index contributed by atoms with van der Waals surface area (Å²) in [6, 6.07) is -0.197. The monoisotopic (exact) mass is 202 g/mol. The number of aliphatic carboxylic acids is 1. The third-order valence-corrected chi connectivity index (χ3v) is 2.70. The van der Waals surface area contributed by atoms with Gasteiger partial charge in [0.1, 0.15) is 6.04 Å². The van der Waals surface area contributed by atoms with E-state index in [1.165, 1.54) is 12.8 Å². The molecule has 1 unspecified atom stereocenters. The summed E-state index contributed by atoms with van der Waals surface area (Å²) in [5, 5.41) is 8.90. The molecule has 0 bridgehead atoms. The van der Waals surface area contributed by atoms with Crippen LogP contribution >= 0.6 is 0 Å². The molecule has 4 heteroatoms. The molecule has 1 heterocycles. The summed E-state index contributed by atoms with van der Waals surface area (Å²) in [7, 11) is 0. The zero-order valence-corrected chi connectivity index (χ0v) is 9.04. The molecule has 0 spiro atoms. The smallest absolute Gasteiger partial charge is 0.320 e. The lowest BCUT2D eigenvalue weighted by molar-refractivity contribution is -0.142. The Balaban J connectivity index is 0.00000169. The molecule has 1 fully saturated rings. The van der Waals surface area contributed by atoms with Crippen molar-refractivity contribution >= 4 is 5.97 Å². The second kappa shape index (κ2) is 6.79. The van der Waals surface area contributed by atoms with Crippen LogP contribution in [0.4, 0.5) is 0 Å². The molecular formula is C10H22N2O2. The van der Waals surface area contributed by atoms with Crippen LogP contribution in [0, 0.1) is 0 Å². The van der Waals surface area contributed by atoms with Crippen molar-refractivity contribution in [2.75, 3.05) is 13.1 Å². The molecule has 1 aliphatic rings. The summed E-state index contributed by atoms with van der Waals surface area (Å²) in [6.07, 6.45) is 5.43. The van der Waals surface area contributed by atoms with Gasteiger partial charge < -0.3 is 11.3 Å². The second-order valence-corrected chi connectivity index (χ2v) is 3.74. The van der Waals surface area contributed by atoms with Gasteiger partial charge in [-0.25, -0.2) is 0 Å². The molecule has 1 atom stereocenters. The molecule has 0 aromatic carbocycles. The number of unbranched alkanes of at least 4 members (excludes halogenated alkanes) is 2. The molecule has 0 radical (unpaired) electrons. The van der Waals surface area contributed by atoms with E-state index in [0.717, 1.165) is 32.4 Å². The standard InChI is InChI=1S/C10H19NO2.H3N/c1-2-3-4-7-11-8-5-6-9(11)10(12)13;/h9H,2-8H2,1H3,(H,12,13);1H3. The molecule has 0 amide bonds. The molecule has 0 aliphatic carbocycles. The SMILES string of the molecule is CCCCCN1CCCC1C(=O)O.N. The highest BCUT2D eigenvalue weighted by molar-refractivity contribution is 5.73. The summed E-state index contributed by atoms with van der Waals surface area (Å²) < 4.78 is 0. The van der Waals surface area contributed by atoms with Crippen molar-refractivity contribution in [2.45, 2.75) is 45.1 Å². The summed E-state index contributed by atoms with van der Waals surface area (Å²) in [5.41, 5.74) is 0. The summed E-state index contributed by atoms with van der Waals surface area (Å²) in [4.78, 5) is 12.9. The van der Waals surface area contributed by atoms with Gasteiger partial charge in [0.05, 0.1) is 0 Å². The average molecular weight is 202 g/mol. The van der Waals surface area contributed by atoms with Crippen molar-refractivity contribution < 1.29 is 9.90 Å². The first-order valence-electron chi connectivity index (χ1n) is 5.22. The lowest BCUT2D eigenvalue weighted by Gasteiger charge is -2.20. The number of carboxylic acids is 1. The minimum absolute atomic E-state index is 0. The number of nitrogens with zero attached hydrogens (tertiary/aromatic N) is 1. The Morgan fingerprint density at radius 3 is 2.79 bits per heavy atom. The zero-order valence-electron chi connectivity index (χ0n) is 9.04. The van der Waals surface area contributed by atoms with Crippen LogP contribution in [0.5, 0.6) is 0 Å². The number of hydrogen-bond donors (Lipinski definition) is 2. The largest absolute Gasteiger partial charge is 0.480 e. The van der Waals surface area contributed by atoms with Crippen molar-refractivity contribution in [3.63, 3.8) is 0 Å². The van der Waals surface area contributed by atoms with E-state index < -0.39 is 5.97 Å². The van der Waals surface area contributed by atoms with Gasteiger partial charge in [0.25, 0.3) is 0 Å². The molecule has 0 aromatic heterocycles. The van der Waals surface area contributed by atoms with Gasteiger partial charge in [0, 0.05) is 0 Å². The van der Waals surface area contributed by atoms with Gasteiger partial charge in [-0.05, 0) is 32.4 Å². The van der Waals surface area contributed by atoms with Crippen LogP contribution in [0.1, 0.15) is 39.0 Å². The highest BCUT2D eigenvalue weighted by Crippen LogP contribution is 2.17. The molecule has 0 saturated carbocycles. The van der Waals surface area contributed by atoms with Crippen LogP contribution in [0.15, 0.2) is 0 Å². The Hall–Kier alpha value is -0.610. The van der Waals surface area contributed by atoms with Crippen molar-refractivity contribution in [3.05, 3.63) is 0 Å². The minimum atomic E-state index is -0.644. The summed E-state index contributed by atoms with van der Waals surface area (Å²) in [5.74, 6) is -0.644. The van der Waals surface area contributed by atoms with Gasteiger partial charge in [0.2, 0.25) is 0 Å². The van der Waals surface area contributed by atoms with E-state index in [2.05, 4.69) is 11.8 Å². The van der Waals surface area contributed by atoms with E-state index in [0.29, 0.717) is 0 Å². The van der Waals surface area contributed by atoms with E-state index >= 15 is 0 Å². The van der Waals surface area contributed by atoms with Gasteiger partial charge >= 0.3 is 5.97 Å². The first-order valence-corrected chi connectivity index (χ1v) is 5.22. The fourth-order valence-corrected chi connectivity index (χ4v) is 1.94. The van der Waals surface area contributed by atoms with E-state index in [1.54, 1.807) is 0 Å². The van der Waals surface area contributed by atoms with E-state index in [1.807, 2.05) is 0 Å². The maximum Gasteiger partial charge on any atom is 0.320 e. The van der Waals surface area contributed by atoms with Crippen LogP contribution in [-0.2, 0) is 4.79 Å². The number of rotatable bonds is 5. The predicted molar refractivity (Wildman–Crippen MR) is 56.8 cm³/mol. The van der Waals surface area contributed by atoms with Crippen LogP contribution in [-0.4, -0.2) is 35.1 Å². The fraction of sp³-hybridized carbons (Fsp3) is 0.900. The molecule has 14 heavy (non-hydrogen) atoms. The minimum Gasteiger partial charge on any atom is -0.480 e. The fourth-order valence-electron chi connectivity index (χ4n) is 1.94. The van der Waals surface area contributed by atoms with E-state index in [9.17, 15) is 4.79 Å². The normalized spacial score (nSPS) is 21.9. The van der Waals surface area contributed by atoms with Crippen LogP contribution in [0.3, 0.4) is 0 Å². The van der Waals surface area contributed by atoms with Gasteiger partial charge in [-0.15, -0.1) is 0 Å². The Kier molecular flexibility index (Phi) is 6.49. The zero-order chi connectivity index (χ0) is 9.68. The Morgan fingerprint density at radius 2 is 2.21 bits per heavy atom. The molecule has 4 nitrogen and oxygen atoms in total. The van der Waals surface area contributed by atoms with E-state index in [4.69, 9.17) is 5.11 Å². The van der Waals surface area contributed by atoms with Gasteiger partial charge in [-0.1, -0.05) is 19.8 Å². The van der Waals surface area contributed by atoms with Crippen molar-refractivity contribution in [3.8, 4) is 0 Å². The van der Waals surface area contributed by atoms with Crippen LogP contribution < -0.4 is 6.15 Å². The van der Waals surface area contributed by atoms with Crippen molar-refractivity contribution in [2.24, 2.45) is 0 Å². The Bertz CT molecular complexity index is 174. The molecule has 1 aliphatic heterocycles. The highest BCUT2D eigenvalue weighted by Gasteiger charge is 2.29. The second-order valence-electron chi connectivity index (χ2n) is 3.74. The van der Waals surface area contributed by atoms with Crippen LogP contribution in [0.2, 0.25) is 0 Å². The number of likely N-dealkylation sites (tertiary alicyclic amines) is 1. The Labute approximate surface area is 85.9 Å². The first-order chi connectivity index (χ1) is 6.25. The third kappa shape index (κ3) is 3.64. The average Bonchev–Trinajstić information content (AvgIpc) is 2.53. The quantitative estimate of drug-likeness (QED) is 0.667. The maximum atomic E-state index is 10.8. The molecule has 0 aromatic rings. The molecule has 4 N–H and O–H groups in total. The lowest BCUT2D eigenvalue weighted by Crippen LogP contribution is -2.36. The molecular weight excluding hydrogens is 180 g/mol.